The molecule has 0 heterocycles. The van der Waals surface area contributed by atoms with E-state index in [2.05, 4.69) is 18.8 Å². The van der Waals surface area contributed by atoms with E-state index in [1.54, 1.807) is 6.92 Å². The van der Waals surface area contributed by atoms with Crippen molar-refractivity contribution in [3.05, 3.63) is 12.7 Å². The zero-order valence-electron chi connectivity index (χ0n) is 7.67. The highest BCUT2D eigenvalue weighted by molar-refractivity contribution is 4.78. The van der Waals surface area contributed by atoms with Crippen LogP contribution in [0.2, 0.25) is 0 Å². The first kappa shape index (κ1) is 10.7. The Morgan fingerprint density at radius 2 is 2.00 bits per heavy atom. The summed E-state index contributed by atoms with van der Waals surface area (Å²) in [6, 6.07) is 0.557. The number of aliphatic hydroxyl groups is 1. The van der Waals surface area contributed by atoms with Gasteiger partial charge in [-0.3, -0.25) is 0 Å². The number of aliphatic hydroxyl groups excluding tert-OH is 1. The highest BCUT2D eigenvalue weighted by atomic mass is 16.3. The van der Waals surface area contributed by atoms with E-state index in [4.69, 9.17) is 5.11 Å². The quantitative estimate of drug-likeness (QED) is 0.590. The summed E-state index contributed by atoms with van der Waals surface area (Å²) in [6.07, 6.45) is 2.53. The van der Waals surface area contributed by atoms with E-state index >= 15 is 0 Å². The second-order valence-electron chi connectivity index (χ2n) is 3.12. The monoisotopic (exact) mass is 157 g/mol. The molecule has 66 valence electrons. The molecule has 2 heteroatoms. The predicted octanol–water partition coefficient (Wildman–Crippen LogP) is 1.31. The molecule has 3 unspecified atom stereocenters. The molecule has 0 radical (unpaired) electrons. The lowest BCUT2D eigenvalue weighted by molar-refractivity contribution is 0.147. The fourth-order valence-electron chi connectivity index (χ4n) is 0.906. The summed E-state index contributed by atoms with van der Waals surface area (Å²) < 4.78 is 0. The minimum absolute atomic E-state index is 0.157. The number of hydrogen-bond donors (Lipinski definition) is 2. The van der Waals surface area contributed by atoms with Crippen LogP contribution in [-0.4, -0.2) is 23.3 Å². The third kappa shape index (κ3) is 4.99. The Hall–Kier alpha value is -0.340. The lowest BCUT2D eigenvalue weighted by Crippen LogP contribution is -2.40. The Morgan fingerprint density at radius 3 is 2.36 bits per heavy atom. The van der Waals surface area contributed by atoms with Crippen molar-refractivity contribution in [3.63, 3.8) is 0 Å². The molecule has 2 nitrogen and oxygen atoms in total. The fraction of sp³-hybridized carbons (Fsp3) is 0.778. The van der Waals surface area contributed by atoms with Crippen LogP contribution >= 0.6 is 0 Å². The number of hydrogen-bond acceptors (Lipinski definition) is 2. The Bertz CT molecular complexity index is 112. The molecule has 0 saturated heterocycles. The molecular weight excluding hydrogens is 138 g/mol. The molecule has 0 aliphatic heterocycles. The van der Waals surface area contributed by atoms with Gasteiger partial charge in [0.15, 0.2) is 0 Å². The predicted molar refractivity (Wildman–Crippen MR) is 48.6 cm³/mol. The van der Waals surface area contributed by atoms with E-state index in [1.807, 2.05) is 13.0 Å². The molecular formula is C9H19NO. The Balaban J connectivity index is 3.56. The van der Waals surface area contributed by atoms with E-state index in [1.165, 1.54) is 0 Å². The molecule has 0 aromatic carbocycles. The molecule has 2 N–H and O–H groups in total. The summed E-state index contributed by atoms with van der Waals surface area (Å²) >= 11 is 0. The van der Waals surface area contributed by atoms with Crippen molar-refractivity contribution in [3.8, 4) is 0 Å². The van der Waals surface area contributed by atoms with E-state index < -0.39 is 0 Å². The normalized spacial score (nSPS) is 18.9. The molecule has 0 saturated carbocycles. The highest BCUT2D eigenvalue weighted by Gasteiger charge is 2.09. The summed E-state index contributed by atoms with van der Waals surface area (Å²) in [6.45, 7) is 9.50. The minimum atomic E-state index is -0.290. The molecule has 0 rings (SSSR count). The average molecular weight is 157 g/mol. The van der Waals surface area contributed by atoms with Crippen molar-refractivity contribution < 1.29 is 5.11 Å². The second-order valence-corrected chi connectivity index (χ2v) is 3.12. The van der Waals surface area contributed by atoms with Crippen LogP contribution in [0, 0.1) is 0 Å². The van der Waals surface area contributed by atoms with Gasteiger partial charge in [0.05, 0.1) is 6.10 Å². The molecule has 11 heavy (non-hydrogen) atoms. The second kappa shape index (κ2) is 5.33. The lowest BCUT2D eigenvalue weighted by atomic mass is 10.1. The zero-order valence-corrected chi connectivity index (χ0v) is 7.67. The first-order chi connectivity index (χ1) is 5.07. The van der Waals surface area contributed by atoms with Gasteiger partial charge in [0, 0.05) is 12.1 Å². The molecule has 0 aliphatic rings. The summed E-state index contributed by atoms with van der Waals surface area (Å²) in [7, 11) is 0. The first-order valence-corrected chi connectivity index (χ1v) is 4.13. The Morgan fingerprint density at radius 1 is 1.45 bits per heavy atom. The third-order valence-corrected chi connectivity index (χ3v) is 1.79. The van der Waals surface area contributed by atoms with Crippen LogP contribution in [-0.2, 0) is 0 Å². The van der Waals surface area contributed by atoms with Gasteiger partial charge in [0.2, 0.25) is 0 Å². The van der Waals surface area contributed by atoms with Gasteiger partial charge >= 0.3 is 0 Å². The van der Waals surface area contributed by atoms with Crippen molar-refractivity contribution in [1.29, 1.82) is 0 Å². The van der Waals surface area contributed by atoms with Gasteiger partial charge in [-0.05, 0) is 27.2 Å². The largest absolute Gasteiger partial charge is 0.392 e. The molecule has 0 fully saturated rings. The van der Waals surface area contributed by atoms with Crippen molar-refractivity contribution in [1.82, 2.24) is 5.32 Å². The van der Waals surface area contributed by atoms with Crippen LogP contribution in [0.25, 0.3) is 0 Å². The third-order valence-electron chi connectivity index (χ3n) is 1.79. The SMILES string of the molecule is C=CCC(C)NC(C)C(C)O. The Kier molecular flexibility index (Phi) is 5.16. The molecule has 3 atom stereocenters. The van der Waals surface area contributed by atoms with Crippen molar-refractivity contribution in [2.45, 2.75) is 45.4 Å². The van der Waals surface area contributed by atoms with Crippen molar-refractivity contribution >= 4 is 0 Å². The number of rotatable bonds is 5. The van der Waals surface area contributed by atoms with Gasteiger partial charge in [-0.25, -0.2) is 0 Å². The molecule has 0 spiro atoms. The average Bonchev–Trinajstić information content (AvgIpc) is 1.87. The first-order valence-electron chi connectivity index (χ1n) is 4.13. The molecule has 0 bridgehead atoms. The lowest BCUT2D eigenvalue weighted by Gasteiger charge is -2.20. The van der Waals surface area contributed by atoms with Crippen LogP contribution in [0.5, 0.6) is 0 Å². The van der Waals surface area contributed by atoms with Crippen LogP contribution < -0.4 is 5.32 Å². The summed E-state index contributed by atoms with van der Waals surface area (Å²) in [4.78, 5) is 0. The van der Waals surface area contributed by atoms with E-state index in [9.17, 15) is 0 Å². The van der Waals surface area contributed by atoms with Gasteiger partial charge in [0.25, 0.3) is 0 Å². The van der Waals surface area contributed by atoms with E-state index in [0.29, 0.717) is 6.04 Å². The van der Waals surface area contributed by atoms with Crippen LogP contribution in [0.4, 0.5) is 0 Å². The zero-order chi connectivity index (χ0) is 8.85. The van der Waals surface area contributed by atoms with E-state index in [0.717, 1.165) is 6.42 Å². The van der Waals surface area contributed by atoms with Crippen LogP contribution in [0.15, 0.2) is 12.7 Å². The standard InChI is InChI=1S/C9H19NO/c1-5-6-7(2)10-8(3)9(4)11/h5,7-11H,1,6H2,2-4H3. The van der Waals surface area contributed by atoms with Gasteiger partial charge in [-0.2, -0.15) is 0 Å². The molecule has 0 amide bonds. The number of nitrogens with one attached hydrogen (secondary N) is 1. The summed E-state index contributed by atoms with van der Waals surface area (Å²) in [5.74, 6) is 0. The Labute approximate surface area is 69.3 Å². The molecule has 0 aromatic rings. The van der Waals surface area contributed by atoms with Crippen molar-refractivity contribution in [2.75, 3.05) is 0 Å². The fourth-order valence-corrected chi connectivity index (χ4v) is 0.906. The van der Waals surface area contributed by atoms with Gasteiger partial charge < -0.3 is 10.4 Å². The summed E-state index contributed by atoms with van der Waals surface area (Å²) in [5.41, 5.74) is 0. The van der Waals surface area contributed by atoms with Crippen LogP contribution in [0.3, 0.4) is 0 Å². The maximum absolute atomic E-state index is 9.15. The molecule has 0 aliphatic carbocycles. The smallest absolute Gasteiger partial charge is 0.0662 e. The van der Waals surface area contributed by atoms with Gasteiger partial charge in [-0.15, -0.1) is 6.58 Å². The minimum Gasteiger partial charge on any atom is -0.392 e. The topological polar surface area (TPSA) is 32.3 Å². The van der Waals surface area contributed by atoms with Crippen LogP contribution in [0.1, 0.15) is 27.2 Å². The maximum Gasteiger partial charge on any atom is 0.0662 e. The van der Waals surface area contributed by atoms with Gasteiger partial charge in [0.1, 0.15) is 0 Å². The summed E-state index contributed by atoms with van der Waals surface area (Å²) in [5, 5.41) is 12.4. The van der Waals surface area contributed by atoms with Gasteiger partial charge in [-0.1, -0.05) is 6.08 Å². The highest BCUT2D eigenvalue weighted by Crippen LogP contribution is 1.96. The molecule has 0 aromatic heterocycles. The van der Waals surface area contributed by atoms with Crippen molar-refractivity contribution in [2.24, 2.45) is 0 Å². The van der Waals surface area contributed by atoms with E-state index in [-0.39, 0.29) is 12.1 Å². The maximum atomic E-state index is 9.15.